The van der Waals surface area contributed by atoms with E-state index in [1.165, 1.54) is 5.56 Å². The number of anilines is 1. The first-order valence-electron chi connectivity index (χ1n) is 7.01. The van der Waals surface area contributed by atoms with Crippen molar-refractivity contribution < 1.29 is 4.79 Å². The van der Waals surface area contributed by atoms with Crippen molar-refractivity contribution in [2.75, 3.05) is 5.32 Å². The number of aromatic amines is 1. The van der Waals surface area contributed by atoms with Gasteiger partial charge in [0.05, 0.1) is 0 Å². The molecule has 0 saturated heterocycles. The lowest BCUT2D eigenvalue weighted by atomic mass is 10.1. The quantitative estimate of drug-likeness (QED) is 0.719. The summed E-state index contributed by atoms with van der Waals surface area (Å²) in [5.74, 6) is -0.105. The van der Waals surface area contributed by atoms with E-state index in [0.717, 1.165) is 27.7 Å². The summed E-state index contributed by atoms with van der Waals surface area (Å²) in [6.07, 6.45) is 0. The maximum atomic E-state index is 12.5. The summed E-state index contributed by atoms with van der Waals surface area (Å²) >= 11 is 0. The first kappa shape index (κ1) is 13.4. The Labute approximate surface area is 124 Å². The second kappa shape index (κ2) is 5.09. The van der Waals surface area contributed by atoms with Gasteiger partial charge in [-0.2, -0.15) is 0 Å². The van der Waals surface area contributed by atoms with Crippen LogP contribution in [0.4, 0.5) is 5.69 Å². The normalized spacial score (nSPS) is 10.8. The summed E-state index contributed by atoms with van der Waals surface area (Å²) < 4.78 is 0. The number of H-pyrrole nitrogens is 1. The molecule has 0 radical (unpaired) electrons. The van der Waals surface area contributed by atoms with Crippen molar-refractivity contribution in [2.24, 2.45) is 0 Å². The molecule has 3 nitrogen and oxygen atoms in total. The first-order chi connectivity index (χ1) is 10.0. The third-order valence-electron chi connectivity index (χ3n) is 3.72. The molecule has 1 heterocycles. The number of benzene rings is 2. The molecule has 0 unspecified atom stereocenters. The largest absolute Gasteiger partial charge is 0.350 e. The highest BCUT2D eigenvalue weighted by Gasteiger charge is 2.14. The van der Waals surface area contributed by atoms with Gasteiger partial charge in [-0.1, -0.05) is 23.8 Å². The van der Waals surface area contributed by atoms with Gasteiger partial charge in [0.15, 0.2) is 0 Å². The zero-order valence-corrected chi connectivity index (χ0v) is 12.4. The van der Waals surface area contributed by atoms with Gasteiger partial charge in [-0.05, 0) is 56.2 Å². The van der Waals surface area contributed by atoms with Crippen LogP contribution in [0.1, 0.15) is 27.2 Å². The minimum atomic E-state index is -0.105. The van der Waals surface area contributed by atoms with Crippen LogP contribution in [0.15, 0.2) is 42.5 Å². The smallest absolute Gasteiger partial charge is 0.272 e. The van der Waals surface area contributed by atoms with Crippen LogP contribution in [0.2, 0.25) is 0 Å². The number of aromatic nitrogens is 1. The molecular weight excluding hydrogens is 260 g/mol. The third-order valence-corrected chi connectivity index (χ3v) is 3.72. The van der Waals surface area contributed by atoms with Gasteiger partial charge in [-0.15, -0.1) is 0 Å². The summed E-state index contributed by atoms with van der Waals surface area (Å²) in [4.78, 5) is 15.7. The van der Waals surface area contributed by atoms with E-state index in [-0.39, 0.29) is 5.91 Å². The Morgan fingerprint density at radius 1 is 1.00 bits per heavy atom. The molecule has 0 bridgehead atoms. The zero-order valence-electron chi connectivity index (χ0n) is 12.4. The van der Waals surface area contributed by atoms with E-state index < -0.39 is 0 Å². The van der Waals surface area contributed by atoms with Crippen molar-refractivity contribution in [3.05, 3.63) is 64.8 Å². The lowest BCUT2D eigenvalue weighted by molar-refractivity contribution is 0.102. The number of fused-ring (bicyclic) bond motifs is 1. The van der Waals surface area contributed by atoms with Crippen molar-refractivity contribution >= 4 is 22.5 Å². The monoisotopic (exact) mass is 278 g/mol. The van der Waals surface area contributed by atoms with E-state index in [1.807, 2.05) is 50.2 Å². The molecule has 0 atom stereocenters. The molecule has 1 aromatic heterocycles. The number of carbonyl (C=O) groups is 1. The molecule has 3 heteroatoms. The molecule has 2 N–H and O–H groups in total. The summed E-state index contributed by atoms with van der Waals surface area (Å²) in [7, 11) is 0. The average Bonchev–Trinajstić information content (AvgIpc) is 2.76. The highest BCUT2D eigenvalue weighted by molar-refractivity contribution is 6.07. The van der Waals surface area contributed by atoms with Gasteiger partial charge in [0.2, 0.25) is 0 Å². The first-order valence-corrected chi connectivity index (χ1v) is 7.01. The van der Waals surface area contributed by atoms with Crippen LogP contribution in [-0.4, -0.2) is 10.9 Å². The predicted molar refractivity (Wildman–Crippen MR) is 86.9 cm³/mol. The van der Waals surface area contributed by atoms with E-state index in [9.17, 15) is 4.79 Å². The van der Waals surface area contributed by atoms with Gasteiger partial charge in [0, 0.05) is 16.6 Å². The van der Waals surface area contributed by atoms with Gasteiger partial charge in [-0.3, -0.25) is 4.79 Å². The number of amides is 1. The number of hydrogen-bond donors (Lipinski definition) is 2. The standard InChI is InChI=1S/C18H18N2O/c1-11-5-4-6-14(9-11)19-18(21)17-13(3)15-10-12(2)7-8-16(15)20-17/h4-10,20H,1-3H3,(H,19,21). The van der Waals surface area contributed by atoms with Crippen molar-refractivity contribution in [1.29, 1.82) is 0 Å². The van der Waals surface area contributed by atoms with Crippen molar-refractivity contribution in [2.45, 2.75) is 20.8 Å². The lowest BCUT2D eigenvalue weighted by Crippen LogP contribution is -2.13. The molecule has 0 fully saturated rings. The van der Waals surface area contributed by atoms with Gasteiger partial charge >= 0.3 is 0 Å². The van der Waals surface area contributed by atoms with Crippen LogP contribution in [0.5, 0.6) is 0 Å². The summed E-state index contributed by atoms with van der Waals surface area (Å²) in [6.45, 7) is 6.04. The number of hydrogen-bond acceptors (Lipinski definition) is 1. The number of nitrogens with one attached hydrogen (secondary N) is 2. The topological polar surface area (TPSA) is 44.9 Å². The SMILES string of the molecule is Cc1cccc(NC(=O)c2[nH]c3ccc(C)cc3c2C)c1. The maximum absolute atomic E-state index is 12.5. The van der Waals surface area contributed by atoms with Gasteiger partial charge in [-0.25, -0.2) is 0 Å². The summed E-state index contributed by atoms with van der Waals surface area (Å²) in [5.41, 5.74) is 5.73. The Morgan fingerprint density at radius 2 is 1.76 bits per heavy atom. The van der Waals surface area contributed by atoms with Crippen molar-refractivity contribution in [3.8, 4) is 0 Å². The number of aryl methyl sites for hydroxylation is 3. The molecule has 0 aliphatic rings. The fourth-order valence-corrected chi connectivity index (χ4v) is 2.58. The Balaban J connectivity index is 1.96. The molecule has 106 valence electrons. The van der Waals surface area contributed by atoms with E-state index in [1.54, 1.807) is 0 Å². The van der Waals surface area contributed by atoms with Crippen LogP contribution in [-0.2, 0) is 0 Å². The maximum Gasteiger partial charge on any atom is 0.272 e. The van der Waals surface area contributed by atoms with E-state index in [2.05, 4.69) is 23.3 Å². The molecule has 3 rings (SSSR count). The van der Waals surface area contributed by atoms with Crippen LogP contribution in [0.25, 0.3) is 10.9 Å². The minimum Gasteiger partial charge on any atom is -0.350 e. The minimum absolute atomic E-state index is 0.105. The Morgan fingerprint density at radius 3 is 2.52 bits per heavy atom. The predicted octanol–water partition coefficient (Wildman–Crippen LogP) is 4.35. The Bertz CT molecular complexity index is 830. The molecule has 21 heavy (non-hydrogen) atoms. The fourth-order valence-electron chi connectivity index (χ4n) is 2.58. The van der Waals surface area contributed by atoms with Crippen molar-refractivity contribution in [1.82, 2.24) is 4.98 Å². The fraction of sp³-hybridized carbons (Fsp3) is 0.167. The molecule has 0 spiro atoms. The van der Waals surface area contributed by atoms with Crippen LogP contribution >= 0.6 is 0 Å². The van der Waals surface area contributed by atoms with E-state index in [4.69, 9.17) is 0 Å². The highest BCUT2D eigenvalue weighted by Crippen LogP contribution is 2.23. The second-order valence-corrected chi connectivity index (χ2v) is 5.50. The molecule has 2 aromatic carbocycles. The molecule has 0 aliphatic heterocycles. The summed E-state index contributed by atoms with van der Waals surface area (Å²) in [5, 5.41) is 4.05. The second-order valence-electron chi connectivity index (χ2n) is 5.50. The number of carbonyl (C=O) groups excluding carboxylic acids is 1. The van der Waals surface area contributed by atoms with Crippen LogP contribution < -0.4 is 5.32 Å². The molecule has 1 amide bonds. The lowest BCUT2D eigenvalue weighted by Gasteiger charge is -2.05. The number of rotatable bonds is 2. The molecular formula is C18H18N2O. The van der Waals surface area contributed by atoms with E-state index in [0.29, 0.717) is 5.69 Å². The molecule has 0 saturated carbocycles. The van der Waals surface area contributed by atoms with Crippen LogP contribution in [0.3, 0.4) is 0 Å². The van der Waals surface area contributed by atoms with Crippen LogP contribution in [0, 0.1) is 20.8 Å². The Hall–Kier alpha value is -2.55. The molecule has 0 aliphatic carbocycles. The average molecular weight is 278 g/mol. The van der Waals surface area contributed by atoms with Gasteiger partial charge in [0.1, 0.15) is 5.69 Å². The third kappa shape index (κ3) is 2.55. The Kier molecular flexibility index (Phi) is 3.26. The van der Waals surface area contributed by atoms with Crippen molar-refractivity contribution in [3.63, 3.8) is 0 Å². The summed E-state index contributed by atoms with van der Waals surface area (Å²) in [6, 6.07) is 14.0. The van der Waals surface area contributed by atoms with E-state index >= 15 is 0 Å². The zero-order chi connectivity index (χ0) is 15.0. The molecule has 3 aromatic rings. The van der Waals surface area contributed by atoms with Gasteiger partial charge < -0.3 is 10.3 Å². The van der Waals surface area contributed by atoms with Gasteiger partial charge in [0.25, 0.3) is 5.91 Å². The highest BCUT2D eigenvalue weighted by atomic mass is 16.1.